The molecule has 0 amide bonds. The molecular formula is C22H32O4. The van der Waals surface area contributed by atoms with Gasteiger partial charge < -0.3 is 10.2 Å². The van der Waals surface area contributed by atoms with Gasteiger partial charge in [-0.1, -0.05) is 19.4 Å². The summed E-state index contributed by atoms with van der Waals surface area (Å²) in [4.78, 5) is 23.0. The minimum atomic E-state index is -0.833. The van der Waals surface area contributed by atoms with E-state index in [2.05, 4.69) is 13.8 Å². The fourth-order valence-corrected chi connectivity index (χ4v) is 7.39. The Balaban J connectivity index is 1.61. The maximum Gasteiger partial charge on any atom is 0.303 e. The SMILES string of the molecule is C[C@]12CCC(=O)C=C1CC[C@@H]1[C@H]2CC[C@@]2(C)[C@H]1CCC2(O)CCC(=O)O. The highest BCUT2D eigenvalue weighted by Crippen LogP contribution is 2.68. The minimum absolute atomic E-state index is 0.0552. The van der Waals surface area contributed by atoms with Crippen LogP contribution in [0.1, 0.15) is 78.1 Å². The number of rotatable bonds is 3. The van der Waals surface area contributed by atoms with Gasteiger partial charge in [-0.3, -0.25) is 9.59 Å². The number of ketones is 1. The molecule has 0 saturated heterocycles. The lowest BCUT2D eigenvalue weighted by molar-refractivity contribution is -0.147. The summed E-state index contributed by atoms with van der Waals surface area (Å²) < 4.78 is 0. The van der Waals surface area contributed by atoms with E-state index in [0.717, 1.165) is 44.9 Å². The summed E-state index contributed by atoms with van der Waals surface area (Å²) in [7, 11) is 0. The Labute approximate surface area is 156 Å². The van der Waals surface area contributed by atoms with E-state index in [9.17, 15) is 14.7 Å². The Bertz CT molecular complexity index is 667. The number of carboxylic acids is 1. The molecule has 0 aliphatic heterocycles. The van der Waals surface area contributed by atoms with Crippen molar-refractivity contribution in [1.29, 1.82) is 0 Å². The number of aliphatic hydroxyl groups is 1. The number of allylic oxidation sites excluding steroid dienone is 1. The van der Waals surface area contributed by atoms with Crippen LogP contribution in [0.15, 0.2) is 11.6 Å². The molecule has 3 saturated carbocycles. The van der Waals surface area contributed by atoms with Gasteiger partial charge in [0, 0.05) is 12.8 Å². The van der Waals surface area contributed by atoms with Crippen molar-refractivity contribution in [3.05, 3.63) is 11.6 Å². The zero-order valence-electron chi connectivity index (χ0n) is 16.1. The van der Waals surface area contributed by atoms with E-state index < -0.39 is 11.6 Å². The summed E-state index contributed by atoms with van der Waals surface area (Å²) in [6.45, 7) is 4.59. The first-order valence-electron chi connectivity index (χ1n) is 10.4. The maximum absolute atomic E-state index is 11.9. The van der Waals surface area contributed by atoms with Crippen LogP contribution >= 0.6 is 0 Å². The molecular weight excluding hydrogens is 328 g/mol. The summed E-state index contributed by atoms with van der Waals surface area (Å²) in [5, 5.41) is 20.5. The van der Waals surface area contributed by atoms with Gasteiger partial charge in [0.15, 0.2) is 5.78 Å². The Kier molecular flexibility index (Phi) is 4.15. The molecule has 6 atom stereocenters. The van der Waals surface area contributed by atoms with Crippen molar-refractivity contribution in [2.45, 2.75) is 83.7 Å². The second-order valence-electron chi connectivity index (χ2n) is 9.89. The van der Waals surface area contributed by atoms with Crippen molar-refractivity contribution in [3.63, 3.8) is 0 Å². The first kappa shape index (κ1) is 18.2. The van der Waals surface area contributed by atoms with Crippen LogP contribution in [-0.4, -0.2) is 27.6 Å². The third-order valence-corrected chi connectivity index (χ3v) is 9.04. The molecule has 4 nitrogen and oxygen atoms in total. The van der Waals surface area contributed by atoms with Gasteiger partial charge in [0.05, 0.1) is 5.60 Å². The van der Waals surface area contributed by atoms with E-state index in [-0.39, 0.29) is 17.3 Å². The van der Waals surface area contributed by atoms with Gasteiger partial charge in [0.1, 0.15) is 0 Å². The molecule has 1 unspecified atom stereocenters. The Morgan fingerprint density at radius 3 is 2.58 bits per heavy atom. The van der Waals surface area contributed by atoms with E-state index in [4.69, 9.17) is 5.11 Å². The number of carboxylic acid groups (broad SMARTS) is 1. The van der Waals surface area contributed by atoms with Crippen LogP contribution in [0.2, 0.25) is 0 Å². The van der Waals surface area contributed by atoms with E-state index in [1.54, 1.807) is 0 Å². The number of carbonyl (C=O) groups excluding carboxylic acids is 1. The third-order valence-electron chi connectivity index (χ3n) is 9.04. The molecule has 144 valence electrons. The summed E-state index contributed by atoms with van der Waals surface area (Å²) in [5.41, 5.74) is 0.532. The van der Waals surface area contributed by atoms with Crippen LogP contribution in [0.3, 0.4) is 0 Å². The predicted molar refractivity (Wildman–Crippen MR) is 98.5 cm³/mol. The molecule has 0 heterocycles. The molecule has 0 aromatic heterocycles. The number of fused-ring (bicyclic) bond motifs is 5. The lowest BCUT2D eigenvalue weighted by atomic mass is 9.46. The standard InChI is InChI=1S/C22H32O4/c1-20-9-5-15(23)13-14(20)3-4-16-17(20)6-10-21(2)18(16)7-11-22(21,26)12-8-19(24)25/h13,16-18,26H,3-12H2,1-2H3,(H,24,25)/t16-,17-,18+,20+,21+,22?/m1/s1. The highest BCUT2D eigenvalue weighted by molar-refractivity contribution is 5.91. The van der Waals surface area contributed by atoms with Crippen LogP contribution in [-0.2, 0) is 9.59 Å². The van der Waals surface area contributed by atoms with Crippen molar-refractivity contribution in [2.24, 2.45) is 28.6 Å². The quantitative estimate of drug-likeness (QED) is 0.794. The molecule has 26 heavy (non-hydrogen) atoms. The lowest BCUT2D eigenvalue weighted by Crippen LogP contribution is -2.54. The summed E-state index contributed by atoms with van der Waals surface area (Å²) >= 11 is 0. The van der Waals surface area contributed by atoms with Crippen molar-refractivity contribution in [2.75, 3.05) is 0 Å². The van der Waals surface area contributed by atoms with Crippen LogP contribution in [0, 0.1) is 28.6 Å². The monoisotopic (exact) mass is 360 g/mol. The summed E-state index contributed by atoms with van der Waals surface area (Å²) in [6.07, 6.45) is 9.98. The number of hydrogen-bond acceptors (Lipinski definition) is 3. The largest absolute Gasteiger partial charge is 0.481 e. The fraction of sp³-hybridized carbons (Fsp3) is 0.818. The van der Waals surface area contributed by atoms with Gasteiger partial charge in [-0.05, 0) is 86.0 Å². The zero-order valence-corrected chi connectivity index (χ0v) is 16.1. The normalized spacial score (nSPS) is 47.6. The molecule has 3 fully saturated rings. The molecule has 0 aromatic rings. The van der Waals surface area contributed by atoms with E-state index in [1.807, 2.05) is 6.08 Å². The molecule has 0 aromatic carbocycles. The first-order valence-corrected chi connectivity index (χ1v) is 10.4. The second-order valence-corrected chi connectivity index (χ2v) is 9.89. The van der Waals surface area contributed by atoms with Gasteiger partial charge in [-0.25, -0.2) is 0 Å². The first-order chi connectivity index (χ1) is 12.2. The highest BCUT2D eigenvalue weighted by atomic mass is 16.4. The van der Waals surface area contributed by atoms with Gasteiger partial charge in [0.25, 0.3) is 0 Å². The Morgan fingerprint density at radius 1 is 1.12 bits per heavy atom. The Hall–Kier alpha value is -1.16. The Morgan fingerprint density at radius 2 is 1.85 bits per heavy atom. The van der Waals surface area contributed by atoms with Gasteiger partial charge in [-0.2, -0.15) is 0 Å². The molecule has 4 rings (SSSR count). The fourth-order valence-electron chi connectivity index (χ4n) is 7.39. The van der Waals surface area contributed by atoms with Crippen LogP contribution in [0.25, 0.3) is 0 Å². The zero-order chi connectivity index (χ0) is 18.7. The maximum atomic E-state index is 11.9. The average Bonchev–Trinajstić information content (AvgIpc) is 2.86. The lowest BCUT2D eigenvalue weighted by Gasteiger charge is -2.59. The highest BCUT2D eigenvalue weighted by Gasteiger charge is 2.63. The molecule has 0 radical (unpaired) electrons. The summed E-state index contributed by atoms with van der Waals surface area (Å²) in [5.74, 6) is 1.17. The summed E-state index contributed by atoms with van der Waals surface area (Å²) in [6, 6.07) is 0. The van der Waals surface area contributed by atoms with Gasteiger partial charge in [0.2, 0.25) is 0 Å². The van der Waals surface area contributed by atoms with E-state index in [0.29, 0.717) is 36.4 Å². The molecule has 0 bridgehead atoms. The minimum Gasteiger partial charge on any atom is -0.481 e. The molecule has 4 heteroatoms. The van der Waals surface area contributed by atoms with Crippen molar-refractivity contribution in [1.82, 2.24) is 0 Å². The smallest absolute Gasteiger partial charge is 0.303 e. The van der Waals surface area contributed by atoms with E-state index >= 15 is 0 Å². The molecule has 4 aliphatic rings. The van der Waals surface area contributed by atoms with Crippen LogP contribution in [0.5, 0.6) is 0 Å². The van der Waals surface area contributed by atoms with Crippen molar-refractivity contribution < 1.29 is 19.8 Å². The predicted octanol–water partition coefficient (Wildman–Crippen LogP) is 4.11. The average molecular weight is 360 g/mol. The second kappa shape index (κ2) is 5.92. The number of aliphatic carboxylic acids is 1. The van der Waals surface area contributed by atoms with Gasteiger partial charge in [-0.15, -0.1) is 0 Å². The number of carbonyl (C=O) groups is 2. The molecule has 4 aliphatic carbocycles. The molecule has 2 N–H and O–H groups in total. The van der Waals surface area contributed by atoms with Crippen molar-refractivity contribution >= 4 is 11.8 Å². The van der Waals surface area contributed by atoms with Crippen molar-refractivity contribution in [3.8, 4) is 0 Å². The van der Waals surface area contributed by atoms with Crippen LogP contribution in [0.4, 0.5) is 0 Å². The van der Waals surface area contributed by atoms with E-state index in [1.165, 1.54) is 5.57 Å². The third kappa shape index (κ3) is 2.44. The topological polar surface area (TPSA) is 74.6 Å². The van der Waals surface area contributed by atoms with Crippen LogP contribution < -0.4 is 0 Å². The van der Waals surface area contributed by atoms with Gasteiger partial charge >= 0.3 is 5.97 Å². The number of hydrogen-bond donors (Lipinski definition) is 2. The molecule has 0 spiro atoms.